The smallest absolute Gasteiger partial charge is 0.319 e. The Morgan fingerprint density at radius 3 is 2.62 bits per heavy atom. The van der Waals surface area contributed by atoms with E-state index in [4.69, 9.17) is 0 Å². The predicted molar refractivity (Wildman–Crippen MR) is 97.2 cm³/mol. The number of aromatic nitrogens is 2. The molecule has 2 atom stereocenters. The number of amides is 2. The summed E-state index contributed by atoms with van der Waals surface area (Å²) in [5.74, 6) is 0.561. The molecule has 1 aromatic rings. The molecule has 3 rings (SSSR count). The highest BCUT2D eigenvalue weighted by Gasteiger charge is 2.59. The van der Waals surface area contributed by atoms with Crippen LogP contribution < -0.4 is 4.90 Å². The number of hydrogen-bond acceptors (Lipinski definition) is 5. The SMILES string of the molecule is CCCc1cc(N2C[C@@H]3CN(C(=O)N(C)C)C[C@]3(C(=O)O)C2)nc(C)n1. The van der Waals surface area contributed by atoms with Crippen LogP contribution in [0.5, 0.6) is 0 Å². The van der Waals surface area contributed by atoms with Crippen LogP contribution in [-0.4, -0.2) is 77.1 Å². The largest absolute Gasteiger partial charge is 0.481 e. The van der Waals surface area contributed by atoms with E-state index in [0.717, 1.165) is 24.4 Å². The van der Waals surface area contributed by atoms with Crippen LogP contribution in [0.4, 0.5) is 10.6 Å². The Balaban J connectivity index is 1.85. The molecule has 0 spiro atoms. The van der Waals surface area contributed by atoms with Gasteiger partial charge in [0.15, 0.2) is 0 Å². The van der Waals surface area contributed by atoms with E-state index >= 15 is 0 Å². The molecule has 0 unspecified atom stereocenters. The summed E-state index contributed by atoms with van der Waals surface area (Å²) in [7, 11) is 3.38. The van der Waals surface area contributed by atoms with Gasteiger partial charge < -0.3 is 19.8 Å². The van der Waals surface area contributed by atoms with Crippen LogP contribution in [0.2, 0.25) is 0 Å². The minimum absolute atomic E-state index is 0.103. The molecule has 2 saturated heterocycles. The van der Waals surface area contributed by atoms with Crippen molar-refractivity contribution in [2.24, 2.45) is 11.3 Å². The van der Waals surface area contributed by atoms with E-state index < -0.39 is 11.4 Å². The van der Waals surface area contributed by atoms with Crippen molar-refractivity contribution in [3.8, 4) is 0 Å². The van der Waals surface area contributed by atoms with Gasteiger partial charge in [-0.15, -0.1) is 0 Å². The van der Waals surface area contributed by atoms with Gasteiger partial charge in [0, 0.05) is 58.0 Å². The van der Waals surface area contributed by atoms with Gasteiger partial charge in [0.25, 0.3) is 0 Å². The zero-order valence-corrected chi connectivity index (χ0v) is 15.9. The molecule has 8 nitrogen and oxygen atoms in total. The predicted octanol–water partition coefficient (Wildman–Crippen LogP) is 1.24. The minimum Gasteiger partial charge on any atom is -0.481 e. The molecule has 0 aliphatic carbocycles. The minimum atomic E-state index is -0.935. The highest BCUT2D eigenvalue weighted by atomic mass is 16.4. The second-order valence-electron chi connectivity index (χ2n) is 7.61. The van der Waals surface area contributed by atoms with Gasteiger partial charge in [-0.25, -0.2) is 14.8 Å². The fourth-order valence-electron chi connectivity index (χ4n) is 4.13. The summed E-state index contributed by atoms with van der Waals surface area (Å²) >= 11 is 0. The molecular formula is C18H27N5O3. The second-order valence-corrected chi connectivity index (χ2v) is 7.61. The summed E-state index contributed by atoms with van der Waals surface area (Å²) in [5, 5.41) is 9.96. The van der Waals surface area contributed by atoms with Crippen molar-refractivity contribution in [2.75, 3.05) is 45.2 Å². The number of urea groups is 1. The number of carbonyl (C=O) groups excluding carboxylic acids is 1. The van der Waals surface area contributed by atoms with Gasteiger partial charge in [0.1, 0.15) is 17.1 Å². The summed E-state index contributed by atoms with van der Waals surface area (Å²) < 4.78 is 0. The van der Waals surface area contributed by atoms with Crippen LogP contribution in [-0.2, 0) is 11.2 Å². The topological polar surface area (TPSA) is 89.9 Å². The first kappa shape index (κ1) is 18.4. The van der Waals surface area contributed by atoms with Crippen molar-refractivity contribution in [3.05, 3.63) is 17.6 Å². The van der Waals surface area contributed by atoms with Gasteiger partial charge in [0.05, 0.1) is 0 Å². The number of rotatable bonds is 4. The Labute approximate surface area is 153 Å². The van der Waals surface area contributed by atoms with Gasteiger partial charge in [-0.3, -0.25) is 4.79 Å². The average Bonchev–Trinajstić information content (AvgIpc) is 3.09. The van der Waals surface area contributed by atoms with Crippen LogP contribution in [0.3, 0.4) is 0 Å². The Bertz CT molecular complexity index is 723. The number of aryl methyl sites for hydroxylation is 2. The molecule has 2 fully saturated rings. The number of carboxylic acids is 1. The lowest BCUT2D eigenvalue weighted by Crippen LogP contribution is -2.44. The molecule has 8 heteroatoms. The van der Waals surface area contributed by atoms with E-state index in [9.17, 15) is 14.7 Å². The molecule has 1 N–H and O–H groups in total. The molecule has 26 heavy (non-hydrogen) atoms. The van der Waals surface area contributed by atoms with Crippen LogP contribution in [0.15, 0.2) is 6.07 Å². The number of fused-ring (bicyclic) bond motifs is 1. The number of carboxylic acid groups (broad SMARTS) is 1. The van der Waals surface area contributed by atoms with E-state index in [-0.39, 0.29) is 18.5 Å². The summed E-state index contributed by atoms with van der Waals surface area (Å²) in [4.78, 5) is 38.6. The summed E-state index contributed by atoms with van der Waals surface area (Å²) in [6.07, 6.45) is 1.88. The average molecular weight is 361 g/mol. The number of hydrogen-bond donors (Lipinski definition) is 1. The Morgan fingerprint density at radius 2 is 2.04 bits per heavy atom. The zero-order chi connectivity index (χ0) is 19.1. The molecule has 0 radical (unpaired) electrons. The van der Waals surface area contributed by atoms with Crippen molar-refractivity contribution < 1.29 is 14.7 Å². The van der Waals surface area contributed by atoms with Gasteiger partial charge in [-0.05, 0) is 13.3 Å². The number of carbonyl (C=O) groups is 2. The summed E-state index contributed by atoms with van der Waals surface area (Å²) in [6, 6.07) is 1.84. The molecule has 0 saturated carbocycles. The fraction of sp³-hybridized carbons (Fsp3) is 0.667. The van der Waals surface area contributed by atoms with Gasteiger partial charge >= 0.3 is 12.0 Å². The third-order valence-electron chi connectivity index (χ3n) is 5.40. The first-order chi connectivity index (χ1) is 12.3. The monoisotopic (exact) mass is 361 g/mol. The lowest BCUT2D eigenvalue weighted by atomic mass is 9.81. The molecule has 2 aliphatic rings. The molecule has 3 heterocycles. The molecular weight excluding hydrogens is 334 g/mol. The highest BCUT2D eigenvalue weighted by molar-refractivity contribution is 5.81. The number of aliphatic carboxylic acids is 1. The van der Waals surface area contributed by atoms with Crippen molar-refractivity contribution in [3.63, 3.8) is 0 Å². The van der Waals surface area contributed by atoms with E-state index in [1.165, 1.54) is 4.90 Å². The Kier molecular flexibility index (Phi) is 4.77. The highest BCUT2D eigenvalue weighted by Crippen LogP contribution is 2.44. The van der Waals surface area contributed by atoms with E-state index in [1.54, 1.807) is 19.0 Å². The maximum atomic E-state index is 12.3. The van der Waals surface area contributed by atoms with Crippen molar-refractivity contribution in [1.29, 1.82) is 0 Å². The van der Waals surface area contributed by atoms with E-state index in [0.29, 0.717) is 25.5 Å². The van der Waals surface area contributed by atoms with Gasteiger partial charge in [0.2, 0.25) is 0 Å². The van der Waals surface area contributed by atoms with Crippen molar-refractivity contribution >= 4 is 17.8 Å². The maximum absolute atomic E-state index is 12.3. The first-order valence-electron chi connectivity index (χ1n) is 9.06. The molecule has 1 aromatic heterocycles. The van der Waals surface area contributed by atoms with Crippen LogP contribution in [0.25, 0.3) is 0 Å². The third kappa shape index (κ3) is 3.08. The molecule has 2 amide bonds. The van der Waals surface area contributed by atoms with E-state index in [1.807, 2.05) is 17.9 Å². The molecule has 0 bridgehead atoms. The zero-order valence-electron chi connectivity index (χ0n) is 15.9. The Hall–Kier alpha value is -2.38. The van der Waals surface area contributed by atoms with Gasteiger partial charge in [-0.1, -0.05) is 13.3 Å². The number of nitrogens with zero attached hydrogens (tertiary/aromatic N) is 5. The quantitative estimate of drug-likeness (QED) is 0.868. The van der Waals surface area contributed by atoms with Crippen LogP contribution >= 0.6 is 0 Å². The van der Waals surface area contributed by atoms with Crippen molar-refractivity contribution in [1.82, 2.24) is 19.8 Å². The van der Waals surface area contributed by atoms with Crippen LogP contribution in [0, 0.1) is 18.3 Å². The van der Waals surface area contributed by atoms with Gasteiger partial charge in [-0.2, -0.15) is 0 Å². The second kappa shape index (κ2) is 6.74. The number of likely N-dealkylation sites (tertiary alicyclic amines) is 1. The van der Waals surface area contributed by atoms with Crippen LogP contribution in [0.1, 0.15) is 24.9 Å². The fourth-order valence-corrected chi connectivity index (χ4v) is 4.13. The molecule has 2 aliphatic heterocycles. The number of anilines is 1. The maximum Gasteiger partial charge on any atom is 0.319 e. The Morgan fingerprint density at radius 1 is 1.31 bits per heavy atom. The molecule has 0 aromatic carbocycles. The summed E-state index contributed by atoms with van der Waals surface area (Å²) in [6.45, 7) is 5.63. The van der Waals surface area contributed by atoms with E-state index in [2.05, 4.69) is 16.9 Å². The molecule has 142 valence electrons. The first-order valence-corrected chi connectivity index (χ1v) is 9.06. The van der Waals surface area contributed by atoms with Crippen molar-refractivity contribution in [2.45, 2.75) is 26.7 Å². The summed E-state index contributed by atoms with van der Waals surface area (Å²) in [5.41, 5.74) is 0.0518. The lowest BCUT2D eigenvalue weighted by Gasteiger charge is -2.27. The standard InChI is InChI=1S/C18H27N5O3/c1-5-6-14-7-15(20-12(2)19-14)22-8-13-9-23(17(26)21(3)4)11-18(13,10-22)16(24)25/h7,13H,5-6,8-11H2,1-4H3,(H,24,25)/t13-,18-/m1/s1. The third-order valence-corrected chi connectivity index (χ3v) is 5.40. The lowest BCUT2D eigenvalue weighted by molar-refractivity contribution is -0.148. The normalized spacial score (nSPS) is 24.7.